The number of hydrogen-bond donors (Lipinski definition) is 0. The van der Waals surface area contributed by atoms with Gasteiger partial charge in [0.2, 0.25) is 0 Å². The van der Waals surface area contributed by atoms with Gasteiger partial charge in [-0.05, 0) is 49.4 Å². The number of amides is 2. The zero-order valence-corrected chi connectivity index (χ0v) is 12.9. The molecule has 0 N–H and O–H groups in total. The zero-order valence-electron chi connectivity index (χ0n) is 12.9. The van der Waals surface area contributed by atoms with Crippen molar-refractivity contribution in [1.82, 2.24) is 9.80 Å². The first-order valence-electron chi connectivity index (χ1n) is 8.36. The Morgan fingerprint density at radius 1 is 0.870 bits per heavy atom. The monoisotopic (exact) mass is 306 g/mol. The van der Waals surface area contributed by atoms with Crippen LogP contribution in [0, 0.1) is 5.92 Å². The fourth-order valence-corrected chi connectivity index (χ4v) is 4.58. The van der Waals surface area contributed by atoms with Gasteiger partial charge in [-0.25, -0.2) is 0 Å². The second-order valence-electron chi connectivity index (χ2n) is 6.89. The van der Waals surface area contributed by atoms with Crippen LogP contribution in [0.15, 0.2) is 36.4 Å². The predicted octanol–water partition coefficient (Wildman–Crippen LogP) is 2.53. The third-order valence-electron chi connectivity index (χ3n) is 5.76. The number of piperidine rings is 3. The maximum absolute atomic E-state index is 13.1. The van der Waals surface area contributed by atoms with Gasteiger partial charge in [0.25, 0.3) is 11.8 Å². The largest absolute Gasteiger partial charge is 0.301 e. The number of benzene rings is 2. The van der Waals surface area contributed by atoms with Crippen LogP contribution in [0.4, 0.5) is 0 Å². The molecule has 6 rings (SSSR count). The molecule has 3 fully saturated rings. The topological polar surface area (TPSA) is 40.6 Å². The van der Waals surface area contributed by atoms with E-state index in [2.05, 4.69) is 4.90 Å². The molecule has 3 saturated heterocycles. The van der Waals surface area contributed by atoms with Crippen molar-refractivity contribution < 1.29 is 9.59 Å². The summed E-state index contributed by atoms with van der Waals surface area (Å²) in [6.07, 6.45) is 2.18. The van der Waals surface area contributed by atoms with E-state index >= 15 is 0 Å². The lowest BCUT2D eigenvalue weighted by molar-refractivity contribution is 0.00882. The summed E-state index contributed by atoms with van der Waals surface area (Å²) in [4.78, 5) is 30.1. The molecule has 4 aliphatic heterocycles. The van der Waals surface area contributed by atoms with Crippen LogP contribution in [0.2, 0.25) is 0 Å². The summed E-state index contributed by atoms with van der Waals surface area (Å²) in [5.74, 6) is 0.230. The first-order valence-corrected chi connectivity index (χ1v) is 8.36. The third-order valence-corrected chi connectivity index (χ3v) is 5.76. The summed E-state index contributed by atoms with van der Waals surface area (Å²) in [6, 6.07) is 11.5. The Hall–Kier alpha value is -2.20. The standard InChI is InChI=1S/C19H18N2O2/c22-18-14-5-1-3-13-4-2-6-15(17(13)14)19(23)21(18)16-11-20-9-7-12(16)8-10-20/h1-6,12,16H,7-11H2/t16-/m1/s1. The molecule has 0 spiro atoms. The van der Waals surface area contributed by atoms with Crippen LogP contribution < -0.4 is 0 Å². The summed E-state index contributed by atoms with van der Waals surface area (Å²) in [5.41, 5.74) is 1.35. The van der Waals surface area contributed by atoms with Crippen molar-refractivity contribution in [3.63, 3.8) is 0 Å². The van der Waals surface area contributed by atoms with Crippen LogP contribution in [-0.2, 0) is 0 Å². The van der Waals surface area contributed by atoms with E-state index in [4.69, 9.17) is 0 Å². The molecule has 2 amide bonds. The molecule has 0 aliphatic carbocycles. The summed E-state index contributed by atoms with van der Waals surface area (Å²) in [7, 11) is 0. The van der Waals surface area contributed by atoms with E-state index in [1.165, 1.54) is 0 Å². The third kappa shape index (κ3) is 1.75. The van der Waals surface area contributed by atoms with Crippen LogP contribution in [-0.4, -0.2) is 47.3 Å². The zero-order chi connectivity index (χ0) is 15.6. The highest BCUT2D eigenvalue weighted by Gasteiger charge is 2.44. The molecule has 0 radical (unpaired) electrons. The maximum atomic E-state index is 13.1. The fourth-order valence-electron chi connectivity index (χ4n) is 4.58. The fraction of sp³-hybridized carbons (Fsp3) is 0.368. The number of nitrogens with zero attached hydrogens (tertiary/aromatic N) is 2. The van der Waals surface area contributed by atoms with Crippen LogP contribution >= 0.6 is 0 Å². The van der Waals surface area contributed by atoms with E-state index < -0.39 is 0 Å². The van der Waals surface area contributed by atoms with E-state index in [1.807, 2.05) is 36.4 Å². The van der Waals surface area contributed by atoms with Gasteiger partial charge in [0.1, 0.15) is 0 Å². The average Bonchev–Trinajstić information content (AvgIpc) is 2.61. The molecular weight excluding hydrogens is 288 g/mol. The SMILES string of the molecule is O=C1c2cccc3cccc(c23)C(=O)N1[C@@H]1CN2CCC1CC2. The van der Waals surface area contributed by atoms with Gasteiger partial charge in [-0.2, -0.15) is 0 Å². The minimum absolute atomic E-state index is 0.0288. The quantitative estimate of drug-likeness (QED) is 0.760. The van der Waals surface area contributed by atoms with Gasteiger partial charge in [0.05, 0.1) is 6.04 Å². The molecule has 4 aliphatic rings. The Balaban J connectivity index is 1.66. The van der Waals surface area contributed by atoms with Gasteiger partial charge >= 0.3 is 0 Å². The van der Waals surface area contributed by atoms with Crippen molar-refractivity contribution in [2.75, 3.05) is 19.6 Å². The van der Waals surface area contributed by atoms with Gasteiger partial charge in [0, 0.05) is 23.1 Å². The van der Waals surface area contributed by atoms with E-state index in [0.29, 0.717) is 17.0 Å². The molecule has 0 saturated carbocycles. The van der Waals surface area contributed by atoms with Gasteiger partial charge in [-0.15, -0.1) is 0 Å². The molecule has 1 atom stereocenters. The molecular formula is C19H18N2O2. The van der Waals surface area contributed by atoms with Crippen LogP contribution in [0.5, 0.6) is 0 Å². The Bertz CT molecular complexity index is 786. The summed E-state index contributed by atoms with van der Waals surface area (Å²) in [5, 5.41) is 1.79. The van der Waals surface area contributed by atoms with Crippen molar-refractivity contribution in [1.29, 1.82) is 0 Å². The maximum Gasteiger partial charge on any atom is 0.261 e. The van der Waals surface area contributed by atoms with E-state index in [9.17, 15) is 9.59 Å². The lowest BCUT2D eigenvalue weighted by Crippen LogP contribution is -2.60. The second-order valence-corrected chi connectivity index (χ2v) is 6.89. The number of fused-ring (bicyclic) bond motifs is 3. The van der Waals surface area contributed by atoms with E-state index in [1.54, 1.807) is 4.90 Å². The van der Waals surface area contributed by atoms with Crippen LogP contribution in [0.1, 0.15) is 33.6 Å². The van der Waals surface area contributed by atoms with Crippen molar-refractivity contribution in [3.05, 3.63) is 47.5 Å². The van der Waals surface area contributed by atoms with Gasteiger partial charge in [-0.1, -0.05) is 24.3 Å². The summed E-state index contributed by atoms with van der Waals surface area (Å²) in [6.45, 7) is 3.04. The van der Waals surface area contributed by atoms with Crippen LogP contribution in [0.25, 0.3) is 10.8 Å². The highest BCUT2D eigenvalue weighted by Crippen LogP contribution is 2.36. The van der Waals surface area contributed by atoms with E-state index in [-0.39, 0.29) is 17.9 Å². The summed E-state index contributed by atoms with van der Waals surface area (Å²) >= 11 is 0. The van der Waals surface area contributed by atoms with Crippen molar-refractivity contribution in [2.24, 2.45) is 5.92 Å². The lowest BCUT2D eigenvalue weighted by Gasteiger charge is -2.49. The normalized spacial score (nSPS) is 29.4. The Morgan fingerprint density at radius 2 is 1.48 bits per heavy atom. The summed E-state index contributed by atoms with van der Waals surface area (Å²) < 4.78 is 0. The first kappa shape index (κ1) is 13.3. The molecule has 116 valence electrons. The van der Waals surface area contributed by atoms with Crippen molar-refractivity contribution in [3.8, 4) is 0 Å². The van der Waals surface area contributed by atoms with Crippen molar-refractivity contribution >= 4 is 22.6 Å². The number of rotatable bonds is 1. The van der Waals surface area contributed by atoms with Crippen molar-refractivity contribution in [2.45, 2.75) is 18.9 Å². The lowest BCUT2D eigenvalue weighted by atomic mass is 9.81. The molecule has 4 heterocycles. The second kappa shape index (κ2) is 4.65. The van der Waals surface area contributed by atoms with Gasteiger partial charge in [0.15, 0.2) is 0 Å². The van der Waals surface area contributed by atoms with E-state index in [0.717, 1.165) is 43.2 Å². The minimum Gasteiger partial charge on any atom is -0.301 e. The predicted molar refractivity (Wildman–Crippen MR) is 87.4 cm³/mol. The number of hydrogen-bond acceptors (Lipinski definition) is 3. The highest BCUT2D eigenvalue weighted by molar-refractivity contribution is 6.25. The molecule has 2 aromatic rings. The minimum atomic E-state index is -0.113. The molecule has 4 heteroatoms. The molecule has 0 unspecified atom stereocenters. The number of carbonyl (C=O) groups excluding carboxylic acids is 2. The Labute approximate surface area is 134 Å². The molecule has 0 aromatic heterocycles. The number of carbonyl (C=O) groups is 2. The average molecular weight is 306 g/mol. The molecule has 2 aromatic carbocycles. The smallest absolute Gasteiger partial charge is 0.261 e. The van der Waals surface area contributed by atoms with Gasteiger partial charge < -0.3 is 4.90 Å². The Kier molecular flexibility index (Phi) is 2.68. The molecule has 2 bridgehead atoms. The first-order chi connectivity index (χ1) is 11.2. The molecule has 4 nitrogen and oxygen atoms in total. The van der Waals surface area contributed by atoms with Crippen LogP contribution in [0.3, 0.4) is 0 Å². The Morgan fingerprint density at radius 3 is 2.00 bits per heavy atom. The molecule has 23 heavy (non-hydrogen) atoms. The number of imide groups is 1. The highest BCUT2D eigenvalue weighted by atomic mass is 16.2. The van der Waals surface area contributed by atoms with Gasteiger partial charge in [-0.3, -0.25) is 14.5 Å².